The molecule has 4 aromatic carbocycles. The number of anilines is 1. The summed E-state index contributed by atoms with van der Waals surface area (Å²) in [7, 11) is -6.00. The highest BCUT2D eigenvalue weighted by Crippen LogP contribution is 2.45. The highest BCUT2D eigenvalue weighted by Gasteiger charge is 2.46. The molecule has 0 N–H and O–H groups in total. The predicted molar refractivity (Wildman–Crippen MR) is 139 cm³/mol. The molecule has 5 rings (SSSR count). The second-order valence-corrected chi connectivity index (χ2v) is 8.71. The van der Waals surface area contributed by atoms with Gasteiger partial charge >= 0.3 is 7.25 Å². The number of rotatable bonds is 4. The first-order valence-corrected chi connectivity index (χ1v) is 11.7. The van der Waals surface area contributed by atoms with Crippen LogP contribution in [0.4, 0.5) is 28.6 Å². The Hall–Kier alpha value is -3.87. The third-order valence-corrected chi connectivity index (χ3v) is 6.22. The second-order valence-electron chi connectivity index (χ2n) is 8.71. The Kier molecular flexibility index (Phi) is 7.58. The van der Waals surface area contributed by atoms with E-state index in [1.54, 1.807) is 0 Å². The number of aryl methyl sites for hydroxylation is 2. The van der Waals surface area contributed by atoms with Crippen LogP contribution in [0.3, 0.4) is 0 Å². The van der Waals surface area contributed by atoms with Crippen LogP contribution in [0.25, 0.3) is 0 Å². The van der Waals surface area contributed by atoms with E-state index in [1.807, 2.05) is 0 Å². The smallest absolute Gasteiger partial charge is 0.418 e. The number of para-hydroxylation sites is 2. The summed E-state index contributed by atoms with van der Waals surface area (Å²) in [5.41, 5.74) is 7.66. The molecule has 1 aliphatic rings. The summed E-state index contributed by atoms with van der Waals surface area (Å²) in [4.78, 5) is 2.45. The molecular formula is C29H27BF4N2. The van der Waals surface area contributed by atoms with Gasteiger partial charge in [-0.1, -0.05) is 97.1 Å². The lowest BCUT2D eigenvalue weighted by Crippen LogP contribution is -2.26. The SMILES string of the molecule is Cc1ccccc1N1C=[N+](c2ccccc2C)[C@H](c2ccccc2)[C@H]1c1ccccc1.F[B-](F)(F)F. The normalized spacial score (nSPS) is 17.3. The Bertz CT molecular complexity index is 1320. The van der Waals surface area contributed by atoms with Crippen LogP contribution in [0, 0.1) is 13.8 Å². The summed E-state index contributed by atoms with van der Waals surface area (Å²) in [5.74, 6) is 0. The van der Waals surface area contributed by atoms with Gasteiger partial charge in [-0.25, -0.2) is 9.48 Å². The first kappa shape index (κ1) is 25.2. The van der Waals surface area contributed by atoms with Crippen molar-refractivity contribution in [1.82, 2.24) is 0 Å². The first-order chi connectivity index (χ1) is 17.2. The van der Waals surface area contributed by atoms with E-state index in [9.17, 15) is 17.3 Å². The number of benzene rings is 4. The highest BCUT2D eigenvalue weighted by molar-refractivity contribution is 6.50. The van der Waals surface area contributed by atoms with Gasteiger partial charge < -0.3 is 17.3 Å². The Morgan fingerprint density at radius 2 is 1.08 bits per heavy atom. The van der Waals surface area contributed by atoms with Crippen LogP contribution in [0.1, 0.15) is 34.3 Å². The van der Waals surface area contributed by atoms with Gasteiger partial charge in [-0.15, -0.1) is 0 Å². The third-order valence-electron chi connectivity index (χ3n) is 6.22. The van der Waals surface area contributed by atoms with Crippen LogP contribution in [-0.2, 0) is 0 Å². The summed E-state index contributed by atoms with van der Waals surface area (Å²) in [6.07, 6.45) is 2.31. The lowest BCUT2D eigenvalue weighted by Gasteiger charge is -2.25. The van der Waals surface area contributed by atoms with E-state index in [0.717, 1.165) is 0 Å². The van der Waals surface area contributed by atoms with Gasteiger partial charge in [0, 0.05) is 11.1 Å². The van der Waals surface area contributed by atoms with E-state index >= 15 is 0 Å². The first-order valence-electron chi connectivity index (χ1n) is 11.7. The largest absolute Gasteiger partial charge is 0.673 e. The molecule has 0 radical (unpaired) electrons. The number of nitrogens with zero attached hydrogens (tertiary/aromatic N) is 2. The van der Waals surface area contributed by atoms with Crippen molar-refractivity contribution in [2.75, 3.05) is 4.90 Å². The van der Waals surface area contributed by atoms with Crippen LogP contribution < -0.4 is 4.90 Å². The van der Waals surface area contributed by atoms with Crippen molar-refractivity contribution >= 4 is 25.0 Å². The molecule has 1 heterocycles. The van der Waals surface area contributed by atoms with Gasteiger partial charge in [0.15, 0.2) is 12.1 Å². The Morgan fingerprint density at radius 1 is 0.611 bits per heavy atom. The molecule has 0 aliphatic carbocycles. The standard InChI is InChI=1S/C29H27N2.BF4/c1-22-13-9-11-19-26(22)30-21-31(27-20-12-10-14-23(27)2)29(25-17-7-4-8-18-25)28(30)24-15-5-3-6-16-24;2-1(3,4)5/h3-21,28-29H,1-2H3;/q+1;-1/t28-,29-;/m1./s1. The molecule has 2 nitrogen and oxygen atoms in total. The maximum atomic E-state index is 9.75. The second kappa shape index (κ2) is 10.8. The van der Waals surface area contributed by atoms with Gasteiger partial charge in [0.1, 0.15) is 11.4 Å². The molecular weight excluding hydrogens is 463 g/mol. The molecule has 0 saturated carbocycles. The minimum atomic E-state index is -6.00. The molecule has 0 fully saturated rings. The van der Waals surface area contributed by atoms with Gasteiger partial charge in [0.2, 0.25) is 6.34 Å². The van der Waals surface area contributed by atoms with Crippen molar-refractivity contribution in [3.8, 4) is 0 Å². The lowest BCUT2D eigenvalue weighted by molar-refractivity contribution is -0.481. The van der Waals surface area contributed by atoms with E-state index in [0.29, 0.717) is 0 Å². The molecule has 184 valence electrons. The third kappa shape index (κ3) is 5.85. The van der Waals surface area contributed by atoms with Gasteiger partial charge in [-0.05, 0) is 37.1 Å². The minimum absolute atomic E-state index is 0.157. The maximum absolute atomic E-state index is 9.75. The molecule has 0 unspecified atom stereocenters. The number of halogens is 4. The molecule has 0 bridgehead atoms. The fraction of sp³-hybridized carbons (Fsp3) is 0.138. The highest BCUT2D eigenvalue weighted by atomic mass is 19.5. The molecule has 0 aromatic heterocycles. The Morgan fingerprint density at radius 3 is 1.64 bits per heavy atom. The summed E-state index contributed by atoms with van der Waals surface area (Å²) >= 11 is 0. The zero-order valence-electron chi connectivity index (χ0n) is 20.1. The van der Waals surface area contributed by atoms with Gasteiger partial charge in [0.05, 0.1) is 0 Å². The van der Waals surface area contributed by atoms with Crippen LogP contribution >= 0.6 is 0 Å². The average Bonchev–Trinajstić information content (AvgIpc) is 3.25. The van der Waals surface area contributed by atoms with Crippen LogP contribution in [0.5, 0.6) is 0 Å². The molecule has 0 spiro atoms. The van der Waals surface area contributed by atoms with Crippen molar-refractivity contribution in [3.05, 3.63) is 131 Å². The molecule has 1 aliphatic heterocycles. The van der Waals surface area contributed by atoms with Gasteiger partial charge in [-0.2, -0.15) is 0 Å². The minimum Gasteiger partial charge on any atom is -0.418 e. The predicted octanol–water partition coefficient (Wildman–Crippen LogP) is 8.28. The van der Waals surface area contributed by atoms with Crippen molar-refractivity contribution in [1.29, 1.82) is 0 Å². The van der Waals surface area contributed by atoms with Crippen molar-refractivity contribution in [2.24, 2.45) is 0 Å². The molecule has 7 heteroatoms. The average molecular weight is 490 g/mol. The van der Waals surface area contributed by atoms with Crippen LogP contribution in [0.2, 0.25) is 0 Å². The summed E-state index contributed by atoms with van der Waals surface area (Å²) in [6.45, 7) is 4.39. The molecule has 4 aromatic rings. The molecule has 0 amide bonds. The van der Waals surface area contributed by atoms with Crippen LogP contribution in [-0.4, -0.2) is 18.2 Å². The number of hydrogen-bond acceptors (Lipinski definition) is 1. The molecule has 0 saturated heterocycles. The Labute approximate surface area is 209 Å². The summed E-state index contributed by atoms with van der Waals surface area (Å²) in [6, 6.07) is 39.4. The lowest BCUT2D eigenvalue weighted by atomic mass is 9.92. The van der Waals surface area contributed by atoms with Crippen molar-refractivity contribution in [2.45, 2.75) is 25.9 Å². The fourth-order valence-corrected chi connectivity index (χ4v) is 4.70. The fourth-order valence-electron chi connectivity index (χ4n) is 4.70. The molecule has 36 heavy (non-hydrogen) atoms. The van der Waals surface area contributed by atoms with Gasteiger partial charge in [0.25, 0.3) is 0 Å². The van der Waals surface area contributed by atoms with E-state index in [-0.39, 0.29) is 12.1 Å². The zero-order valence-corrected chi connectivity index (χ0v) is 20.1. The van der Waals surface area contributed by atoms with Crippen LogP contribution in [0.15, 0.2) is 109 Å². The Balaban J connectivity index is 0.000000556. The monoisotopic (exact) mass is 490 g/mol. The quantitative estimate of drug-likeness (QED) is 0.159. The summed E-state index contributed by atoms with van der Waals surface area (Å²) < 4.78 is 41.5. The number of hydrogen-bond donors (Lipinski definition) is 0. The van der Waals surface area contributed by atoms with Crippen molar-refractivity contribution in [3.63, 3.8) is 0 Å². The van der Waals surface area contributed by atoms with E-state index in [4.69, 9.17) is 0 Å². The van der Waals surface area contributed by atoms with Crippen molar-refractivity contribution < 1.29 is 21.8 Å². The van der Waals surface area contributed by atoms with E-state index in [1.165, 1.54) is 33.6 Å². The molecule has 2 atom stereocenters. The topological polar surface area (TPSA) is 6.25 Å². The van der Waals surface area contributed by atoms with Gasteiger partial charge in [-0.3, -0.25) is 0 Å². The van der Waals surface area contributed by atoms with E-state index < -0.39 is 7.25 Å². The zero-order chi connectivity index (χ0) is 25.7. The van der Waals surface area contributed by atoms with E-state index in [2.05, 4.69) is 139 Å². The maximum Gasteiger partial charge on any atom is 0.673 e. The summed E-state index contributed by atoms with van der Waals surface area (Å²) in [5, 5.41) is 0.